The summed E-state index contributed by atoms with van der Waals surface area (Å²) in [5.41, 5.74) is 0.833. The van der Waals surface area contributed by atoms with Gasteiger partial charge in [0.25, 0.3) is 0 Å². The molecule has 7 heteroatoms. The van der Waals surface area contributed by atoms with Crippen LogP contribution in [0.3, 0.4) is 0 Å². The lowest BCUT2D eigenvalue weighted by Gasteiger charge is -2.35. The van der Waals surface area contributed by atoms with Gasteiger partial charge < -0.3 is 19.9 Å². The molecular formula is C17H31N5O2. The van der Waals surface area contributed by atoms with Gasteiger partial charge in [-0.15, -0.1) is 0 Å². The first-order valence-corrected chi connectivity index (χ1v) is 8.92. The predicted molar refractivity (Wildman–Crippen MR) is 95.0 cm³/mol. The minimum atomic E-state index is 0.491. The Morgan fingerprint density at radius 2 is 2.12 bits per heavy atom. The van der Waals surface area contributed by atoms with E-state index in [-0.39, 0.29) is 0 Å². The Morgan fingerprint density at radius 3 is 2.75 bits per heavy atom. The average molecular weight is 337 g/mol. The third-order valence-electron chi connectivity index (χ3n) is 4.05. The number of aromatic nitrogens is 1. The van der Waals surface area contributed by atoms with Crippen molar-refractivity contribution in [2.45, 2.75) is 39.8 Å². The highest BCUT2D eigenvalue weighted by Gasteiger charge is 2.22. The van der Waals surface area contributed by atoms with Crippen LogP contribution >= 0.6 is 0 Å². The maximum Gasteiger partial charge on any atom is 0.191 e. The van der Waals surface area contributed by atoms with Crippen LogP contribution in [0, 0.1) is 5.92 Å². The number of nitrogens with one attached hydrogen (secondary N) is 2. The van der Waals surface area contributed by atoms with E-state index in [1.807, 2.05) is 6.07 Å². The molecule has 1 unspecified atom stereocenters. The fourth-order valence-corrected chi connectivity index (χ4v) is 2.88. The van der Waals surface area contributed by atoms with Crippen molar-refractivity contribution in [1.29, 1.82) is 0 Å². The van der Waals surface area contributed by atoms with E-state index in [0.717, 1.165) is 57.5 Å². The van der Waals surface area contributed by atoms with Crippen molar-refractivity contribution in [2.24, 2.45) is 10.9 Å². The first-order valence-electron chi connectivity index (χ1n) is 8.92. The number of morpholine rings is 1. The highest BCUT2D eigenvalue weighted by atomic mass is 16.5. The molecule has 2 rings (SSSR count). The molecule has 2 heterocycles. The molecule has 0 radical (unpaired) electrons. The molecule has 1 saturated heterocycles. The third-order valence-corrected chi connectivity index (χ3v) is 4.05. The number of hydrogen-bond donors (Lipinski definition) is 2. The summed E-state index contributed by atoms with van der Waals surface area (Å²) in [7, 11) is 0. The SMILES string of the molecule is CCNC(=NCc1ccon1)NCC(CC(C)C)N1CCOCC1. The van der Waals surface area contributed by atoms with Gasteiger partial charge in [0.2, 0.25) is 0 Å². The van der Waals surface area contributed by atoms with Crippen LogP contribution in [0.1, 0.15) is 32.9 Å². The zero-order chi connectivity index (χ0) is 17.2. The lowest BCUT2D eigenvalue weighted by Crippen LogP contribution is -2.51. The summed E-state index contributed by atoms with van der Waals surface area (Å²) in [6, 6.07) is 2.33. The van der Waals surface area contributed by atoms with Gasteiger partial charge in [0.15, 0.2) is 5.96 Å². The second-order valence-corrected chi connectivity index (χ2v) is 6.50. The number of ether oxygens (including phenoxy) is 1. The average Bonchev–Trinajstić information content (AvgIpc) is 3.10. The Bertz CT molecular complexity index is 469. The predicted octanol–water partition coefficient (Wildman–Crippen LogP) is 1.48. The molecule has 0 spiro atoms. The van der Waals surface area contributed by atoms with Gasteiger partial charge in [-0.25, -0.2) is 4.99 Å². The number of aliphatic imine (C=N–C) groups is 1. The summed E-state index contributed by atoms with van der Waals surface area (Å²) in [4.78, 5) is 7.11. The maximum atomic E-state index is 5.48. The molecule has 1 atom stereocenters. The van der Waals surface area contributed by atoms with Crippen molar-refractivity contribution in [2.75, 3.05) is 39.4 Å². The van der Waals surface area contributed by atoms with E-state index in [9.17, 15) is 0 Å². The molecule has 0 aromatic carbocycles. The van der Waals surface area contributed by atoms with Crippen LogP contribution in [-0.2, 0) is 11.3 Å². The van der Waals surface area contributed by atoms with Gasteiger partial charge in [-0.1, -0.05) is 19.0 Å². The van der Waals surface area contributed by atoms with E-state index in [4.69, 9.17) is 9.26 Å². The van der Waals surface area contributed by atoms with Crippen molar-refractivity contribution < 1.29 is 9.26 Å². The first-order chi connectivity index (χ1) is 11.7. The van der Waals surface area contributed by atoms with Crippen LogP contribution < -0.4 is 10.6 Å². The monoisotopic (exact) mass is 337 g/mol. The standard InChI is InChI=1S/C17H31N5O2/c1-4-18-17(19-12-15-5-8-24-21-15)20-13-16(11-14(2)3)22-6-9-23-10-7-22/h5,8,14,16H,4,6-7,9-13H2,1-3H3,(H2,18,19,20). The van der Waals surface area contributed by atoms with Crippen molar-refractivity contribution >= 4 is 5.96 Å². The summed E-state index contributed by atoms with van der Waals surface area (Å²) in [5.74, 6) is 1.48. The van der Waals surface area contributed by atoms with Gasteiger partial charge in [0.1, 0.15) is 12.0 Å². The van der Waals surface area contributed by atoms with Gasteiger partial charge in [0, 0.05) is 38.3 Å². The molecule has 2 N–H and O–H groups in total. The lowest BCUT2D eigenvalue weighted by atomic mass is 10.0. The Morgan fingerprint density at radius 1 is 1.33 bits per heavy atom. The molecule has 24 heavy (non-hydrogen) atoms. The van der Waals surface area contributed by atoms with E-state index in [1.165, 1.54) is 0 Å². The van der Waals surface area contributed by atoms with Crippen LogP contribution in [0.15, 0.2) is 21.8 Å². The van der Waals surface area contributed by atoms with Gasteiger partial charge in [0.05, 0.1) is 19.8 Å². The summed E-state index contributed by atoms with van der Waals surface area (Å²) in [6.07, 6.45) is 2.73. The number of guanidine groups is 1. The van der Waals surface area contributed by atoms with Gasteiger partial charge in [-0.2, -0.15) is 0 Å². The minimum absolute atomic E-state index is 0.491. The summed E-state index contributed by atoms with van der Waals surface area (Å²) < 4.78 is 10.3. The van der Waals surface area contributed by atoms with E-state index in [2.05, 4.69) is 46.5 Å². The molecule has 0 saturated carbocycles. The fraction of sp³-hybridized carbons (Fsp3) is 0.765. The maximum absolute atomic E-state index is 5.48. The highest BCUT2D eigenvalue weighted by Crippen LogP contribution is 2.13. The molecule has 136 valence electrons. The second-order valence-electron chi connectivity index (χ2n) is 6.50. The minimum Gasteiger partial charge on any atom is -0.379 e. The van der Waals surface area contributed by atoms with Gasteiger partial charge in [-0.3, -0.25) is 4.90 Å². The Kier molecular flexibility index (Phi) is 8.04. The largest absolute Gasteiger partial charge is 0.379 e. The molecule has 7 nitrogen and oxygen atoms in total. The van der Waals surface area contributed by atoms with Crippen LogP contribution in [0.2, 0.25) is 0 Å². The topological polar surface area (TPSA) is 74.9 Å². The van der Waals surface area contributed by atoms with Gasteiger partial charge >= 0.3 is 0 Å². The van der Waals surface area contributed by atoms with Crippen LogP contribution in [0.25, 0.3) is 0 Å². The molecule has 1 aliphatic heterocycles. The molecule has 1 fully saturated rings. The van der Waals surface area contributed by atoms with Crippen molar-refractivity contribution in [3.8, 4) is 0 Å². The lowest BCUT2D eigenvalue weighted by molar-refractivity contribution is 0.0132. The van der Waals surface area contributed by atoms with Crippen molar-refractivity contribution in [3.05, 3.63) is 18.0 Å². The van der Waals surface area contributed by atoms with Crippen molar-refractivity contribution in [1.82, 2.24) is 20.7 Å². The van der Waals surface area contributed by atoms with E-state index < -0.39 is 0 Å². The van der Waals surface area contributed by atoms with Crippen molar-refractivity contribution in [3.63, 3.8) is 0 Å². The second kappa shape index (κ2) is 10.3. The number of hydrogen-bond acceptors (Lipinski definition) is 5. The molecular weight excluding hydrogens is 306 g/mol. The molecule has 1 aromatic heterocycles. The smallest absolute Gasteiger partial charge is 0.191 e. The number of nitrogens with zero attached hydrogens (tertiary/aromatic N) is 3. The Hall–Kier alpha value is -1.60. The summed E-state index contributed by atoms with van der Waals surface area (Å²) >= 11 is 0. The number of rotatable bonds is 8. The molecule has 0 aliphatic carbocycles. The van der Waals surface area contributed by atoms with Gasteiger partial charge in [-0.05, 0) is 19.3 Å². The third kappa shape index (κ3) is 6.49. The molecule has 0 amide bonds. The summed E-state index contributed by atoms with van der Waals surface area (Å²) in [5, 5.41) is 10.7. The molecule has 1 aromatic rings. The van der Waals surface area contributed by atoms with Crippen LogP contribution in [0.4, 0.5) is 0 Å². The molecule has 0 bridgehead atoms. The van der Waals surface area contributed by atoms with E-state index in [0.29, 0.717) is 18.5 Å². The van der Waals surface area contributed by atoms with Crippen LogP contribution in [0.5, 0.6) is 0 Å². The molecule has 1 aliphatic rings. The highest BCUT2D eigenvalue weighted by molar-refractivity contribution is 5.79. The summed E-state index contributed by atoms with van der Waals surface area (Å²) in [6.45, 7) is 12.5. The normalized spacial score (nSPS) is 17.9. The van der Waals surface area contributed by atoms with E-state index in [1.54, 1.807) is 6.26 Å². The fourth-order valence-electron chi connectivity index (χ4n) is 2.88. The van der Waals surface area contributed by atoms with Crippen LogP contribution in [-0.4, -0.2) is 61.5 Å². The zero-order valence-corrected chi connectivity index (χ0v) is 15.1. The van der Waals surface area contributed by atoms with E-state index >= 15 is 0 Å². The zero-order valence-electron chi connectivity index (χ0n) is 15.1. The first kappa shape index (κ1) is 18.7. The Labute approximate surface area is 144 Å². The Balaban J connectivity index is 1.91. The quantitative estimate of drug-likeness (QED) is 0.553.